The minimum Gasteiger partial charge on any atom is -0.361 e. The third kappa shape index (κ3) is 2.98. The number of hydrogen-bond acceptors (Lipinski definition) is 5. The van der Waals surface area contributed by atoms with Gasteiger partial charge in [-0.05, 0) is 6.07 Å². The van der Waals surface area contributed by atoms with Crippen molar-refractivity contribution < 1.29 is 9.72 Å². The zero-order valence-electron chi connectivity index (χ0n) is 12.1. The van der Waals surface area contributed by atoms with Crippen LogP contribution in [0.2, 0.25) is 5.02 Å². The van der Waals surface area contributed by atoms with Gasteiger partial charge in [-0.15, -0.1) is 0 Å². The average molecular weight is 336 g/mol. The standard InChI is InChI=1S/C14H14ClN5O3/c15-11-2-1-3-12(20(22)23)13(11)17-6-8-18(9-7-17)14(21)19-5-4-16-10-19/h1-5,10H,6-9H2. The van der Waals surface area contributed by atoms with Crippen molar-refractivity contribution in [1.29, 1.82) is 0 Å². The summed E-state index contributed by atoms with van der Waals surface area (Å²) >= 11 is 6.15. The highest BCUT2D eigenvalue weighted by Crippen LogP contribution is 2.35. The predicted molar refractivity (Wildman–Crippen MR) is 84.9 cm³/mol. The van der Waals surface area contributed by atoms with E-state index in [9.17, 15) is 14.9 Å². The minimum absolute atomic E-state index is 0.0214. The second-order valence-electron chi connectivity index (χ2n) is 5.09. The summed E-state index contributed by atoms with van der Waals surface area (Å²) in [6.07, 6.45) is 4.59. The van der Waals surface area contributed by atoms with E-state index in [2.05, 4.69) is 4.98 Å². The number of piperazine rings is 1. The lowest BCUT2D eigenvalue weighted by atomic mass is 10.2. The Labute approximate surface area is 137 Å². The molecule has 120 valence electrons. The number of nitrogens with zero attached hydrogens (tertiary/aromatic N) is 5. The molecule has 1 aliphatic rings. The first-order valence-corrected chi connectivity index (χ1v) is 7.41. The topological polar surface area (TPSA) is 84.5 Å². The summed E-state index contributed by atoms with van der Waals surface area (Å²) in [5.74, 6) is 0. The van der Waals surface area contributed by atoms with Gasteiger partial charge >= 0.3 is 6.03 Å². The maximum Gasteiger partial charge on any atom is 0.329 e. The number of para-hydroxylation sites is 1. The molecule has 23 heavy (non-hydrogen) atoms. The van der Waals surface area contributed by atoms with Gasteiger partial charge in [0.2, 0.25) is 0 Å². The summed E-state index contributed by atoms with van der Waals surface area (Å²) in [4.78, 5) is 30.4. The highest BCUT2D eigenvalue weighted by molar-refractivity contribution is 6.33. The minimum atomic E-state index is -0.440. The summed E-state index contributed by atoms with van der Waals surface area (Å²) in [6, 6.07) is 4.47. The molecule has 8 nitrogen and oxygen atoms in total. The molecule has 0 unspecified atom stereocenters. The van der Waals surface area contributed by atoms with Crippen LogP contribution in [0, 0.1) is 10.1 Å². The number of halogens is 1. The van der Waals surface area contributed by atoms with Crippen LogP contribution in [0.25, 0.3) is 0 Å². The van der Waals surface area contributed by atoms with Crippen molar-refractivity contribution in [3.05, 3.63) is 52.1 Å². The van der Waals surface area contributed by atoms with E-state index in [1.807, 2.05) is 4.90 Å². The Morgan fingerprint density at radius 2 is 2.00 bits per heavy atom. The van der Waals surface area contributed by atoms with E-state index in [-0.39, 0.29) is 11.7 Å². The summed E-state index contributed by atoms with van der Waals surface area (Å²) in [5, 5.41) is 11.5. The molecule has 2 aromatic rings. The van der Waals surface area contributed by atoms with E-state index >= 15 is 0 Å². The van der Waals surface area contributed by atoms with Gasteiger partial charge in [0.15, 0.2) is 0 Å². The number of amides is 1. The number of carbonyl (C=O) groups is 1. The molecule has 1 fully saturated rings. The quantitative estimate of drug-likeness (QED) is 0.620. The number of hydrogen-bond donors (Lipinski definition) is 0. The highest BCUT2D eigenvalue weighted by Gasteiger charge is 2.27. The van der Waals surface area contributed by atoms with Crippen LogP contribution < -0.4 is 4.90 Å². The number of aromatic nitrogens is 2. The van der Waals surface area contributed by atoms with E-state index in [0.29, 0.717) is 36.9 Å². The molecule has 0 N–H and O–H groups in total. The lowest BCUT2D eigenvalue weighted by molar-refractivity contribution is -0.384. The average Bonchev–Trinajstić information content (AvgIpc) is 3.08. The van der Waals surface area contributed by atoms with Crippen molar-refractivity contribution in [2.75, 3.05) is 31.1 Å². The van der Waals surface area contributed by atoms with E-state index < -0.39 is 4.92 Å². The van der Waals surface area contributed by atoms with Crippen LogP contribution >= 0.6 is 11.6 Å². The number of nitro groups is 1. The molecule has 0 bridgehead atoms. The molecule has 0 atom stereocenters. The van der Waals surface area contributed by atoms with Crippen LogP contribution in [0.1, 0.15) is 0 Å². The number of anilines is 1. The van der Waals surface area contributed by atoms with Gasteiger partial charge in [0.1, 0.15) is 12.0 Å². The number of benzene rings is 1. The predicted octanol–water partition coefficient (Wildman–Crippen LogP) is 2.24. The summed E-state index contributed by atoms with van der Waals surface area (Å²) in [5.41, 5.74) is 0.390. The Morgan fingerprint density at radius 3 is 2.61 bits per heavy atom. The Bertz CT molecular complexity index is 726. The SMILES string of the molecule is O=C(N1CCN(c2c(Cl)cccc2[N+](=O)[O-])CC1)n1ccnc1. The Balaban J connectivity index is 1.75. The zero-order chi connectivity index (χ0) is 16.4. The zero-order valence-corrected chi connectivity index (χ0v) is 12.9. The van der Waals surface area contributed by atoms with Crippen molar-refractivity contribution in [2.24, 2.45) is 0 Å². The molecular formula is C14H14ClN5O3. The lowest BCUT2D eigenvalue weighted by Crippen LogP contribution is -2.50. The number of rotatable bonds is 2. The maximum absolute atomic E-state index is 12.2. The molecule has 1 saturated heterocycles. The molecule has 1 amide bonds. The normalized spacial score (nSPS) is 14.8. The second-order valence-corrected chi connectivity index (χ2v) is 5.50. The fourth-order valence-electron chi connectivity index (χ4n) is 2.62. The van der Waals surface area contributed by atoms with Gasteiger partial charge in [-0.25, -0.2) is 9.78 Å². The fourth-order valence-corrected chi connectivity index (χ4v) is 2.91. The molecule has 0 saturated carbocycles. The van der Waals surface area contributed by atoms with E-state index in [4.69, 9.17) is 11.6 Å². The molecule has 9 heteroatoms. The smallest absolute Gasteiger partial charge is 0.329 e. The first-order valence-electron chi connectivity index (χ1n) is 7.03. The van der Waals surface area contributed by atoms with Crippen LogP contribution in [0.5, 0.6) is 0 Å². The van der Waals surface area contributed by atoms with Crippen molar-refractivity contribution in [3.63, 3.8) is 0 Å². The summed E-state index contributed by atoms with van der Waals surface area (Å²) in [7, 11) is 0. The van der Waals surface area contributed by atoms with Crippen LogP contribution in [0.15, 0.2) is 36.9 Å². The third-order valence-electron chi connectivity index (χ3n) is 3.75. The molecule has 1 aromatic carbocycles. The first kappa shape index (κ1) is 15.3. The third-order valence-corrected chi connectivity index (χ3v) is 4.06. The number of imidazole rings is 1. The van der Waals surface area contributed by atoms with Crippen LogP contribution in [-0.4, -0.2) is 51.6 Å². The van der Waals surface area contributed by atoms with Gasteiger partial charge in [0.05, 0.1) is 9.95 Å². The summed E-state index contributed by atoms with van der Waals surface area (Å²) < 4.78 is 1.41. The van der Waals surface area contributed by atoms with E-state index in [0.717, 1.165) is 0 Å². The Hall–Kier alpha value is -2.61. The van der Waals surface area contributed by atoms with Gasteiger partial charge in [0, 0.05) is 44.6 Å². The van der Waals surface area contributed by atoms with Crippen molar-refractivity contribution in [2.45, 2.75) is 0 Å². The molecule has 0 radical (unpaired) electrons. The van der Waals surface area contributed by atoms with Crippen LogP contribution in [-0.2, 0) is 0 Å². The monoisotopic (exact) mass is 335 g/mol. The number of nitro benzene ring substituents is 1. The largest absolute Gasteiger partial charge is 0.361 e. The summed E-state index contributed by atoms with van der Waals surface area (Å²) in [6.45, 7) is 1.87. The number of carbonyl (C=O) groups excluding carboxylic acids is 1. The van der Waals surface area contributed by atoms with Crippen molar-refractivity contribution >= 4 is 29.0 Å². The maximum atomic E-state index is 12.2. The molecule has 3 rings (SSSR count). The van der Waals surface area contributed by atoms with E-state index in [1.165, 1.54) is 17.0 Å². The van der Waals surface area contributed by atoms with E-state index in [1.54, 1.807) is 29.4 Å². The lowest BCUT2D eigenvalue weighted by Gasteiger charge is -2.35. The molecule has 1 aromatic heterocycles. The van der Waals surface area contributed by atoms with Gasteiger partial charge in [-0.2, -0.15) is 0 Å². The molecular weight excluding hydrogens is 322 g/mol. The van der Waals surface area contributed by atoms with Gasteiger partial charge < -0.3 is 9.80 Å². The Kier molecular flexibility index (Phi) is 4.16. The molecule has 0 spiro atoms. The fraction of sp³-hybridized carbons (Fsp3) is 0.286. The molecule has 0 aliphatic carbocycles. The first-order chi connectivity index (χ1) is 11.1. The Morgan fingerprint density at radius 1 is 1.26 bits per heavy atom. The molecule has 1 aliphatic heterocycles. The van der Waals surface area contributed by atoms with Crippen molar-refractivity contribution in [3.8, 4) is 0 Å². The van der Waals surface area contributed by atoms with Gasteiger partial charge in [-0.1, -0.05) is 17.7 Å². The second kappa shape index (κ2) is 6.25. The van der Waals surface area contributed by atoms with Gasteiger partial charge in [-0.3, -0.25) is 14.7 Å². The molecule has 2 heterocycles. The van der Waals surface area contributed by atoms with Crippen molar-refractivity contribution in [1.82, 2.24) is 14.5 Å². The van der Waals surface area contributed by atoms with Crippen LogP contribution in [0.4, 0.5) is 16.2 Å². The van der Waals surface area contributed by atoms with Gasteiger partial charge in [0.25, 0.3) is 5.69 Å². The van der Waals surface area contributed by atoms with Crippen LogP contribution in [0.3, 0.4) is 0 Å². The highest BCUT2D eigenvalue weighted by atomic mass is 35.5.